The second kappa shape index (κ2) is 8.54. The summed E-state index contributed by atoms with van der Waals surface area (Å²) < 4.78 is 21.2. The Morgan fingerprint density at radius 1 is 1.04 bits per heavy atom. The van der Waals surface area contributed by atoms with E-state index in [1.54, 1.807) is 12.1 Å². The Morgan fingerprint density at radius 3 is 2.15 bits per heavy atom. The zero-order valence-corrected chi connectivity index (χ0v) is 15.5. The first kappa shape index (κ1) is 18.7. The molecule has 3 rings (SSSR count). The highest BCUT2D eigenvalue weighted by Gasteiger charge is 2.17. The van der Waals surface area contributed by atoms with E-state index in [0.717, 1.165) is 13.1 Å². The summed E-state index contributed by atoms with van der Waals surface area (Å²) in [6.45, 7) is 2.76. The third kappa shape index (κ3) is 4.20. The number of carbonyl (C=O) groups is 1. The number of nitrogens with zero attached hydrogens (tertiary/aromatic N) is 3. The molecule has 1 fully saturated rings. The average Bonchev–Trinajstić information content (AvgIpc) is 2.73. The first-order valence-corrected chi connectivity index (χ1v) is 8.42. The van der Waals surface area contributed by atoms with E-state index in [1.165, 1.54) is 33.7 Å². The van der Waals surface area contributed by atoms with E-state index in [2.05, 4.69) is 15.3 Å². The molecule has 0 atom stereocenters. The van der Waals surface area contributed by atoms with Crippen molar-refractivity contribution >= 4 is 17.5 Å². The number of ether oxygens (including phenoxy) is 4. The number of rotatable bonds is 6. The summed E-state index contributed by atoms with van der Waals surface area (Å²) in [5.74, 6) is 1.61. The van der Waals surface area contributed by atoms with Gasteiger partial charge in [0.25, 0.3) is 5.91 Å². The van der Waals surface area contributed by atoms with Crippen molar-refractivity contribution in [3.8, 4) is 17.2 Å². The van der Waals surface area contributed by atoms with Crippen molar-refractivity contribution in [1.29, 1.82) is 0 Å². The van der Waals surface area contributed by atoms with Crippen LogP contribution in [0.3, 0.4) is 0 Å². The molecule has 9 nitrogen and oxygen atoms in total. The Hall–Kier alpha value is -3.07. The van der Waals surface area contributed by atoms with E-state index in [9.17, 15) is 4.79 Å². The number of morpholine rings is 1. The third-order valence-electron chi connectivity index (χ3n) is 4.12. The molecule has 0 bridgehead atoms. The Bertz CT molecular complexity index is 766. The minimum atomic E-state index is -0.335. The molecule has 0 aliphatic carbocycles. The lowest BCUT2D eigenvalue weighted by Crippen LogP contribution is -2.37. The number of anilines is 2. The van der Waals surface area contributed by atoms with Gasteiger partial charge in [0.2, 0.25) is 11.7 Å². The van der Waals surface area contributed by atoms with Crippen LogP contribution < -0.4 is 24.4 Å². The Labute approximate surface area is 157 Å². The van der Waals surface area contributed by atoms with Crippen LogP contribution in [0.5, 0.6) is 17.2 Å². The van der Waals surface area contributed by atoms with Crippen molar-refractivity contribution in [3.05, 3.63) is 30.1 Å². The van der Waals surface area contributed by atoms with Crippen LogP contribution in [0.15, 0.2) is 24.5 Å². The molecule has 1 amide bonds. The Morgan fingerprint density at radius 2 is 1.63 bits per heavy atom. The van der Waals surface area contributed by atoms with Gasteiger partial charge in [-0.25, -0.2) is 9.97 Å². The number of amides is 1. The van der Waals surface area contributed by atoms with Crippen molar-refractivity contribution in [1.82, 2.24) is 9.97 Å². The summed E-state index contributed by atoms with van der Waals surface area (Å²) in [5, 5.41) is 2.79. The van der Waals surface area contributed by atoms with Crippen LogP contribution in [0.4, 0.5) is 11.6 Å². The van der Waals surface area contributed by atoms with Gasteiger partial charge in [0.05, 0.1) is 40.1 Å². The van der Waals surface area contributed by atoms with E-state index in [0.29, 0.717) is 47.7 Å². The number of methoxy groups -OCH3 is 3. The van der Waals surface area contributed by atoms with Crippen LogP contribution in [0, 0.1) is 0 Å². The molecule has 0 radical (unpaired) electrons. The van der Waals surface area contributed by atoms with Gasteiger partial charge in [-0.05, 0) is 0 Å². The van der Waals surface area contributed by atoms with Crippen molar-refractivity contribution in [2.24, 2.45) is 0 Å². The highest BCUT2D eigenvalue weighted by molar-refractivity contribution is 6.04. The fraction of sp³-hybridized carbons (Fsp3) is 0.389. The fourth-order valence-electron chi connectivity index (χ4n) is 2.72. The first-order valence-electron chi connectivity index (χ1n) is 8.42. The molecule has 9 heteroatoms. The monoisotopic (exact) mass is 374 g/mol. The minimum absolute atomic E-state index is 0.335. The summed E-state index contributed by atoms with van der Waals surface area (Å²) in [6.07, 6.45) is 3.01. The molecule has 1 aliphatic heterocycles. The van der Waals surface area contributed by atoms with Crippen LogP contribution in [0.1, 0.15) is 10.4 Å². The molecule has 1 aliphatic rings. The van der Waals surface area contributed by atoms with E-state index in [1.807, 2.05) is 4.90 Å². The van der Waals surface area contributed by atoms with E-state index in [4.69, 9.17) is 18.9 Å². The highest BCUT2D eigenvalue weighted by Crippen LogP contribution is 2.40. The maximum Gasteiger partial charge on any atom is 0.258 e. The third-order valence-corrected chi connectivity index (χ3v) is 4.12. The van der Waals surface area contributed by atoms with Crippen LogP contribution in [-0.2, 0) is 4.74 Å². The van der Waals surface area contributed by atoms with Gasteiger partial charge in [-0.1, -0.05) is 0 Å². The van der Waals surface area contributed by atoms with Crippen molar-refractivity contribution < 1.29 is 23.7 Å². The maximum absolute atomic E-state index is 12.5. The minimum Gasteiger partial charge on any atom is -0.493 e. The zero-order valence-electron chi connectivity index (χ0n) is 15.5. The number of carbonyl (C=O) groups excluding carboxylic acids is 1. The molecule has 144 valence electrons. The van der Waals surface area contributed by atoms with Crippen LogP contribution in [0.25, 0.3) is 0 Å². The summed E-state index contributed by atoms with van der Waals surface area (Å²) >= 11 is 0. The van der Waals surface area contributed by atoms with Crippen LogP contribution in [0.2, 0.25) is 0 Å². The molecule has 2 aromatic rings. The van der Waals surface area contributed by atoms with Gasteiger partial charge in [-0.2, -0.15) is 0 Å². The van der Waals surface area contributed by atoms with Crippen molar-refractivity contribution in [2.75, 3.05) is 57.8 Å². The van der Waals surface area contributed by atoms with Crippen molar-refractivity contribution in [2.45, 2.75) is 0 Å². The number of benzene rings is 1. The number of aromatic nitrogens is 2. The summed E-state index contributed by atoms with van der Waals surface area (Å²) in [5.41, 5.74) is 0.854. The second-order valence-corrected chi connectivity index (χ2v) is 5.74. The Balaban J connectivity index is 1.75. The molecule has 0 unspecified atom stereocenters. The summed E-state index contributed by atoms with van der Waals surface area (Å²) in [6, 6.07) is 3.31. The molecule has 1 aromatic carbocycles. The molecule has 0 saturated carbocycles. The summed E-state index contributed by atoms with van der Waals surface area (Å²) in [7, 11) is 4.55. The quantitative estimate of drug-likeness (QED) is 0.815. The SMILES string of the molecule is COc1cc(NC(=O)c2cnc(N3CCOCC3)nc2)cc(OC)c1OC. The van der Waals surface area contributed by atoms with E-state index in [-0.39, 0.29) is 5.91 Å². The van der Waals surface area contributed by atoms with Crippen LogP contribution in [-0.4, -0.2) is 63.5 Å². The Kier molecular flexibility index (Phi) is 5.92. The van der Waals surface area contributed by atoms with Gasteiger partial charge in [-0.3, -0.25) is 4.79 Å². The van der Waals surface area contributed by atoms with E-state index >= 15 is 0 Å². The van der Waals surface area contributed by atoms with Gasteiger partial charge in [-0.15, -0.1) is 0 Å². The fourth-order valence-corrected chi connectivity index (χ4v) is 2.72. The predicted molar refractivity (Wildman–Crippen MR) is 99.1 cm³/mol. The topological polar surface area (TPSA) is 95.0 Å². The lowest BCUT2D eigenvalue weighted by Gasteiger charge is -2.26. The molecule has 27 heavy (non-hydrogen) atoms. The number of hydrogen-bond acceptors (Lipinski definition) is 8. The molecule has 1 N–H and O–H groups in total. The van der Waals surface area contributed by atoms with Gasteiger partial charge in [0, 0.05) is 43.3 Å². The molecule has 1 saturated heterocycles. The molecular formula is C18H22N4O5. The molecule has 1 aromatic heterocycles. The normalized spacial score (nSPS) is 13.8. The lowest BCUT2D eigenvalue weighted by atomic mass is 10.2. The average molecular weight is 374 g/mol. The van der Waals surface area contributed by atoms with Crippen LogP contribution >= 0.6 is 0 Å². The summed E-state index contributed by atoms with van der Waals surface area (Å²) in [4.78, 5) is 23.1. The number of nitrogens with one attached hydrogen (secondary N) is 1. The van der Waals surface area contributed by atoms with Gasteiger partial charge in [0.15, 0.2) is 11.5 Å². The zero-order chi connectivity index (χ0) is 19.2. The molecule has 2 heterocycles. The standard InChI is InChI=1S/C18H22N4O5/c1-24-14-8-13(9-15(25-2)16(14)26-3)21-17(23)12-10-19-18(20-11-12)22-4-6-27-7-5-22/h8-11H,4-7H2,1-3H3,(H,21,23). The smallest absolute Gasteiger partial charge is 0.258 e. The highest BCUT2D eigenvalue weighted by atomic mass is 16.5. The van der Waals surface area contributed by atoms with Gasteiger partial charge in [0.1, 0.15) is 0 Å². The first-order chi connectivity index (χ1) is 13.2. The maximum atomic E-state index is 12.5. The molecule has 0 spiro atoms. The van der Waals surface area contributed by atoms with Gasteiger partial charge >= 0.3 is 0 Å². The van der Waals surface area contributed by atoms with E-state index < -0.39 is 0 Å². The van der Waals surface area contributed by atoms with Gasteiger partial charge < -0.3 is 29.2 Å². The number of hydrogen-bond donors (Lipinski definition) is 1. The predicted octanol–water partition coefficient (Wildman–Crippen LogP) is 1.59. The molecular weight excluding hydrogens is 352 g/mol. The van der Waals surface area contributed by atoms with Crippen molar-refractivity contribution in [3.63, 3.8) is 0 Å². The largest absolute Gasteiger partial charge is 0.493 e. The lowest BCUT2D eigenvalue weighted by molar-refractivity contribution is 0.102. The second-order valence-electron chi connectivity index (χ2n) is 5.74.